The Morgan fingerprint density at radius 2 is 1.58 bits per heavy atom. The zero-order valence-corrected chi connectivity index (χ0v) is 18.8. The van der Waals surface area contributed by atoms with Crippen molar-refractivity contribution in [2.75, 3.05) is 13.1 Å². The summed E-state index contributed by atoms with van der Waals surface area (Å²) in [6.07, 6.45) is 3.61. The number of hydrazine groups is 1. The summed E-state index contributed by atoms with van der Waals surface area (Å²) < 4.78 is 5.61. The van der Waals surface area contributed by atoms with E-state index in [0.29, 0.717) is 32.4 Å². The fourth-order valence-electron chi connectivity index (χ4n) is 4.40. The molecular formula is C26H31N3O4. The van der Waals surface area contributed by atoms with Crippen LogP contribution in [0.15, 0.2) is 60.7 Å². The zero-order chi connectivity index (χ0) is 23.0. The quantitative estimate of drug-likeness (QED) is 0.627. The number of ether oxygens (including phenoxy) is 1. The van der Waals surface area contributed by atoms with Crippen LogP contribution in [0.25, 0.3) is 0 Å². The third kappa shape index (κ3) is 5.99. The molecule has 2 aliphatic rings. The molecule has 0 saturated carbocycles. The van der Waals surface area contributed by atoms with Crippen LogP contribution >= 0.6 is 0 Å². The van der Waals surface area contributed by atoms with Gasteiger partial charge in [-0.3, -0.25) is 29.7 Å². The number of hydrogen-bond donors (Lipinski definition) is 1. The Balaban J connectivity index is 1.46. The molecule has 2 aromatic carbocycles. The van der Waals surface area contributed by atoms with Crippen LogP contribution < -0.4 is 5.32 Å². The number of carbonyl (C=O) groups is 3. The minimum absolute atomic E-state index is 0.0279. The highest BCUT2D eigenvalue weighted by Crippen LogP contribution is 2.21. The average Bonchev–Trinajstić information content (AvgIpc) is 2.98. The normalized spacial score (nSPS) is 19.6. The minimum Gasteiger partial charge on any atom is -0.460 e. The summed E-state index contributed by atoms with van der Waals surface area (Å²) in [4.78, 5) is 38.9. The predicted molar refractivity (Wildman–Crippen MR) is 124 cm³/mol. The highest BCUT2D eigenvalue weighted by Gasteiger charge is 2.38. The van der Waals surface area contributed by atoms with Crippen molar-refractivity contribution in [1.29, 1.82) is 0 Å². The van der Waals surface area contributed by atoms with Crippen LogP contribution in [0.1, 0.15) is 43.2 Å². The SMILES string of the molecule is O=C(OCc1ccccc1)[C@H](CCc1ccccc1)N[C@H]1CCC(=O)N2CCCCN2C1=O. The van der Waals surface area contributed by atoms with Gasteiger partial charge in [0.05, 0.1) is 6.04 Å². The molecular weight excluding hydrogens is 418 g/mol. The Morgan fingerprint density at radius 3 is 2.27 bits per heavy atom. The summed E-state index contributed by atoms with van der Waals surface area (Å²) in [6.45, 7) is 1.30. The second kappa shape index (κ2) is 11.1. The van der Waals surface area contributed by atoms with Crippen molar-refractivity contribution in [2.24, 2.45) is 0 Å². The Hall–Kier alpha value is -3.19. The Bertz CT molecular complexity index is 951. The predicted octanol–water partition coefficient (Wildman–Crippen LogP) is 2.85. The summed E-state index contributed by atoms with van der Waals surface area (Å²) >= 11 is 0. The first-order chi connectivity index (χ1) is 16.1. The maximum Gasteiger partial charge on any atom is 0.323 e. The lowest BCUT2D eigenvalue weighted by atomic mass is 10.0. The van der Waals surface area contributed by atoms with Crippen LogP contribution in [0.3, 0.4) is 0 Å². The summed E-state index contributed by atoms with van der Waals surface area (Å²) in [7, 11) is 0. The lowest BCUT2D eigenvalue weighted by molar-refractivity contribution is -0.166. The molecule has 0 spiro atoms. The van der Waals surface area contributed by atoms with Gasteiger partial charge in [0.2, 0.25) is 5.91 Å². The largest absolute Gasteiger partial charge is 0.460 e. The van der Waals surface area contributed by atoms with E-state index >= 15 is 0 Å². The number of fused-ring (bicyclic) bond motifs is 1. The summed E-state index contributed by atoms with van der Waals surface area (Å²) in [6, 6.07) is 18.2. The Kier molecular flexibility index (Phi) is 7.73. The number of nitrogens with zero attached hydrogens (tertiary/aromatic N) is 2. The molecule has 174 valence electrons. The van der Waals surface area contributed by atoms with Crippen LogP contribution in [0.5, 0.6) is 0 Å². The molecule has 4 rings (SSSR count). The van der Waals surface area contributed by atoms with Gasteiger partial charge in [0, 0.05) is 19.5 Å². The highest BCUT2D eigenvalue weighted by atomic mass is 16.5. The third-order valence-electron chi connectivity index (χ3n) is 6.24. The monoisotopic (exact) mass is 449 g/mol. The maximum absolute atomic E-state index is 13.3. The molecule has 2 aliphatic heterocycles. The van der Waals surface area contributed by atoms with Gasteiger partial charge >= 0.3 is 5.97 Å². The average molecular weight is 450 g/mol. The fourth-order valence-corrected chi connectivity index (χ4v) is 4.40. The van der Waals surface area contributed by atoms with Gasteiger partial charge < -0.3 is 4.74 Å². The molecule has 2 atom stereocenters. The molecule has 0 bridgehead atoms. The standard InChI is InChI=1S/C26H31N3O4/c30-24-16-15-22(25(31)29-18-8-7-17-28(24)29)27-23(14-13-20-9-3-1-4-10-20)26(32)33-19-21-11-5-2-6-12-21/h1-6,9-12,22-23,27H,7-8,13-19H2/t22-,23-/m0/s1. The number of aryl methyl sites for hydroxylation is 1. The van der Waals surface area contributed by atoms with E-state index in [2.05, 4.69) is 5.32 Å². The van der Waals surface area contributed by atoms with Gasteiger partial charge in [-0.25, -0.2) is 0 Å². The van der Waals surface area contributed by atoms with Gasteiger partial charge in [0.15, 0.2) is 0 Å². The lowest BCUT2D eigenvalue weighted by Gasteiger charge is -2.38. The van der Waals surface area contributed by atoms with Gasteiger partial charge in [-0.15, -0.1) is 0 Å². The van der Waals surface area contributed by atoms with Gasteiger partial charge in [0.1, 0.15) is 12.6 Å². The molecule has 2 fully saturated rings. The van der Waals surface area contributed by atoms with E-state index in [1.165, 1.54) is 0 Å². The van der Waals surface area contributed by atoms with Crippen molar-refractivity contribution in [3.8, 4) is 0 Å². The van der Waals surface area contributed by atoms with Crippen LogP contribution in [0, 0.1) is 0 Å². The van der Waals surface area contributed by atoms with Crippen molar-refractivity contribution in [3.05, 3.63) is 71.8 Å². The van der Waals surface area contributed by atoms with E-state index in [0.717, 1.165) is 24.0 Å². The van der Waals surface area contributed by atoms with E-state index in [1.54, 1.807) is 10.0 Å². The molecule has 0 aliphatic carbocycles. The first kappa shape index (κ1) is 23.0. The van der Waals surface area contributed by atoms with Crippen LogP contribution in [0.4, 0.5) is 0 Å². The van der Waals surface area contributed by atoms with E-state index in [1.807, 2.05) is 60.7 Å². The first-order valence-electron chi connectivity index (χ1n) is 11.7. The molecule has 2 aromatic rings. The van der Waals surface area contributed by atoms with Crippen molar-refractivity contribution < 1.29 is 19.1 Å². The molecule has 0 aromatic heterocycles. The molecule has 1 N–H and O–H groups in total. The zero-order valence-electron chi connectivity index (χ0n) is 18.8. The van der Waals surface area contributed by atoms with Crippen molar-refractivity contribution in [2.45, 2.75) is 57.2 Å². The van der Waals surface area contributed by atoms with Crippen molar-refractivity contribution in [1.82, 2.24) is 15.3 Å². The number of benzene rings is 2. The molecule has 7 nitrogen and oxygen atoms in total. The van der Waals surface area contributed by atoms with Crippen LogP contribution in [-0.2, 0) is 32.1 Å². The number of amides is 2. The van der Waals surface area contributed by atoms with Crippen LogP contribution in [-0.4, -0.2) is 53.0 Å². The number of esters is 1. The molecule has 2 heterocycles. The van der Waals surface area contributed by atoms with Gasteiger partial charge in [-0.2, -0.15) is 0 Å². The van der Waals surface area contributed by atoms with Crippen LogP contribution in [0.2, 0.25) is 0 Å². The highest BCUT2D eigenvalue weighted by molar-refractivity contribution is 5.89. The molecule has 7 heteroatoms. The van der Waals surface area contributed by atoms with Crippen molar-refractivity contribution in [3.63, 3.8) is 0 Å². The van der Waals surface area contributed by atoms with Crippen molar-refractivity contribution >= 4 is 17.8 Å². The minimum atomic E-state index is -0.644. The smallest absolute Gasteiger partial charge is 0.323 e. The van der Waals surface area contributed by atoms with Gasteiger partial charge in [-0.1, -0.05) is 60.7 Å². The number of carbonyl (C=O) groups excluding carboxylic acids is 3. The van der Waals surface area contributed by atoms with E-state index < -0.39 is 12.1 Å². The Morgan fingerprint density at radius 1 is 0.939 bits per heavy atom. The number of hydrogen-bond acceptors (Lipinski definition) is 5. The summed E-state index contributed by atoms with van der Waals surface area (Å²) in [5.74, 6) is -0.547. The summed E-state index contributed by atoms with van der Waals surface area (Å²) in [5.41, 5.74) is 2.03. The van der Waals surface area contributed by atoms with Gasteiger partial charge in [-0.05, 0) is 43.2 Å². The maximum atomic E-state index is 13.3. The third-order valence-corrected chi connectivity index (χ3v) is 6.24. The fraction of sp³-hybridized carbons (Fsp3) is 0.423. The topological polar surface area (TPSA) is 79.0 Å². The number of nitrogens with one attached hydrogen (secondary N) is 1. The van der Waals surface area contributed by atoms with Gasteiger partial charge in [0.25, 0.3) is 5.91 Å². The number of rotatable bonds is 8. The summed E-state index contributed by atoms with van der Waals surface area (Å²) in [5, 5.41) is 6.41. The molecule has 0 radical (unpaired) electrons. The second-order valence-electron chi connectivity index (χ2n) is 8.61. The first-order valence-corrected chi connectivity index (χ1v) is 11.7. The lowest BCUT2D eigenvalue weighted by Crippen LogP contribution is -2.57. The second-order valence-corrected chi connectivity index (χ2v) is 8.61. The molecule has 0 unspecified atom stereocenters. The van der Waals surface area contributed by atoms with E-state index in [4.69, 9.17) is 4.74 Å². The van der Waals surface area contributed by atoms with E-state index in [-0.39, 0.29) is 30.8 Å². The van der Waals surface area contributed by atoms with E-state index in [9.17, 15) is 14.4 Å². The Labute approximate surface area is 194 Å². The molecule has 2 amide bonds. The molecule has 2 saturated heterocycles. The molecule has 33 heavy (non-hydrogen) atoms.